The minimum atomic E-state index is -0.308. The molecule has 3 aromatic heterocycles. The third-order valence-electron chi connectivity index (χ3n) is 5.51. The minimum absolute atomic E-state index is 0.308. The number of hydrogen-bond acceptors (Lipinski definition) is 6. The van der Waals surface area contributed by atoms with E-state index in [1.807, 2.05) is 12.1 Å². The molecule has 0 unspecified atom stereocenters. The first kappa shape index (κ1) is 19.6. The highest BCUT2D eigenvalue weighted by Crippen LogP contribution is 2.42. The van der Waals surface area contributed by atoms with Crippen molar-refractivity contribution in [2.75, 3.05) is 0 Å². The number of aryl methyl sites for hydroxylation is 1. The lowest BCUT2D eigenvalue weighted by atomic mass is 9.95. The molecule has 0 atom stereocenters. The number of thiophene rings is 1. The van der Waals surface area contributed by atoms with Crippen LogP contribution in [0.5, 0.6) is 0 Å². The van der Waals surface area contributed by atoms with Crippen molar-refractivity contribution in [1.29, 1.82) is 0 Å². The van der Waals surface area contributed by atoms with E-state index in [9.17, 15) is 4.79 Å². The van der Waals surface area contributed by atoms with Crippen LogP contribution in [0.25, 0.3) is 21.7 Å². The third kappa shape index (κ3) is 3.61. The van der Waals surface area contributed by atoms with Crippen LogP contribution < -0.4 is 5.63 Å². The first-order valence-corrected chi connectivity index (χ1v) is 12.1. The predicted octanol–water partition coefficient (Wildman–Crippen LogP) is 6.17. The Bertz CT molecular complexity index is 1270. The van der Waals surface area contributed by atoms with E-state index in [0.29, 0.717) is 23.3 Å². The van der Waals surface area contributed by atoms with Gasteiger partial charge in [0.2, 0.25) is 0 Å². The Balaban J connectivity index is 1.51. The number of rotatable bonds is 6. The lowest BCUT2D eigenvalue weighted by Gasteiger charge is -2.13. The molecular weight excluding hydrogens is 414 g/mol. The average molecular weight is 438 g/mol. The maximum Gasteiger partial charge on any atom is 0.336 e. The summed E-state index contributed by atoms with van der Waals surface area (Å²) in [6.07, 6.45) is 2.33. The van der Waals surface area contributed by atoms with E-state index < -0.39 is 0 Å². The number of benzene rings is 1. The van der Waals surface area contributed by atoms with Gasteiger partial charge in [-0.05, 0) is 66.0 Å². The first-order valence-electron chi connectivity index (χ1n) is 10.2. The molecule has 1 saturated carbocycles. The van der Waals surface area contributed by atoms with Gasteiger partial charge in [-0.15, -0.1) is 21.5 Å². The molecule has 1 fully saturated rings. The lowest BCUT2D eigenvalue weighted by molar-refractivity contribution is 0.559. The molecule has 30 heavy (non-hydrogen) atoms. The largest absolute Gasteiger partial charge is 0.423 e. The second-order valence-electron chi connectivity index (χ2n) is 8.12. The Kier molecular flexibility index (Phi) is 5.03. The average Bonchev–Trinajstić information content (AvgIpc) is 3.23. The van der Waals surface area contributed by atoms with Crippen LogP contribution in [0.3, 0.4) is 0 Å². The van der Waals surface area contributed by atoms with Crippen LogP contribution in [0.1, 0.15) is 55.3 Å². The van der Waals surface area contributed by atoms with Crippen molar-refractivity contribution in [3.8, 4) is 10.7 Å². The van der Waals surface area contributed by atoms with Gasteiger partial charge in [0.1, 0.15) is 5.58 Å². The monoisotopic (exact) mass is 437 g/mol. The maximum atomic E-state index is 12.2. The topological polar surface area (TPSA) is 60.9 Å². The molecule has 0 aliphatic heterocycles. The molecule has 5 rings (SSSR count). The van der Waals surface area contributed by atoms with Crippen molar-refractivity contribution < 1.29 is 4.42 Å². The molecule has 3 heterocycles. The molecular formula is C23H23N3O2S2. The second kappa shape index (κ2) is 7.71. The van der Waals surface area contributed by atoms with Gasteiger partial charge in [-0.3, -0.25) is 4.57 Å². The van der Waals surface area contributed by atoms with Crippen molar-refractivity contribution in [3.63, 3.8) is 0 Å². The fourth-order valence-corrected chi connectivity index (χ4v) is 5.59. The highest BCUT2D eigenvalue weighted by atomic mass is 32.2. The van der Waals surface area contributed by atoms with Crippen molar-refractivity contribution in [2.24, 2.45) is 0 Å². The summed E-state index contributed by atoms with van der Waals surface area (Å²) in [6, 6.07) is 10.4. The van der Waals surface area contributed by atoms with Gasteiger partial charge in [0.15, 0.2) is 11.0 Å². The van der Waals surface area contributed by atoms with Gasteiger partial charge in [0, 0.05) is 23.2 Å². The molecule has 0 radical (unpaired) electrons. The van der Waals surface area contributed by atoms with Gasteiger partial charge in [-0.25, -0.2) is 4.79 Å². The Morgan fingerprint density at radius 3 is 2.80 bits per heavy atom. The molecule has 154 valence electrons. The van der Waals surface area contributed by atoms with E-state index in [1.54, 1.807) is 29.2 Å². The number of fused-ring (bicyclic) bond motifs is 1. The van der Waals surface area contributed by atoms with Gasteiger partial charge in [0.05, 0.1) is 4.88 Å². The van der Waals surface area contributed by atoms with E-state index in [4.69, 9.17) is 4.42 Å². The summed E-state index contributed by atoms with van der Waals surface area (Å²) >= 11 is 3.33. The normalized spacial score (nSPS) is 14.1. The lowest BCUT2D eigenvalue weighted by Crippen LogP contribution is -2.03. The van der Waals surface area contributed by atoms with Gasteiger partial charge < -0.3 is 4.42 Å². The van der Waals surface area contributed by atoms with E-state index in [1.165, 1.54) is 18.4 Å². The zero-order valence-electron chi connectivity index (χ0n) is 17.2. The number of hydrogen-bond donors (Lipinski definition) is 0. The number of nitrogens with zero attached hydrogens (tertiary/aromatic N) is 3. The van der Waals surface area contributed by atoms with E-state index in [-0.39, 0.29) is 5.63 Å². The van der Waals surface area contributed by atoms with Gasteiger partial charge >= 0.3 is 5.63 Å². The van der Waals surface area contributed by atoms with Crippen LogP contribution in [0.2, 0.25) is 0 Å². The quantitative estimate of drug-likeness (QED) is 0.267. The number of aromatic nitrogens is 3. The molecule has 0 N–H and O–H groups in total. The molecule has 0 bridgehead atoms. The van der Waals surface area contributed by atoms with Crippen molar-refractivity contribution >= 4 is 34.1 Å². The predicted molar refractivity (Wildman–Crippen MR) is 122 cm³/mol. The molecule has 1 aliphatic carbocycles. The summed E-state index contributed by atoms with van der Waals surface area (Å²) in [5.74, 6) is 2.01. The summed E-state index contributed by atoms with van der Waals surface area (Å²) in [5, 5.41) is 13.0. The fourth-order valence-electron chi connectivity index (χ4n) is 3.89. The molecule has 4 aromatic rings. The molecule has 1 aromatic carbocycles. The van der Waals surface area contributed by atoms with E-state index >= 15 is 0 Å². The van der Waals surface area contributed by atoms with Crippen LogP contribution in [0, 0.1) is 6.92 Å². The van der Waals surface area contributed by atoms with Crippen LogP contribution in [-0.4, -0.2) is 14.8 Å². The van der Waals surface area contributed by atoms with Crippen LogP contribution in [0.15, 0.2) is 50.1 Å². The summed E-state index contributed by atoms with van der Waals surface area (Å²) in [4.78, 5) is 13.3. The molecule has 0 amide bonds. The minimum Gasteiger partial charge on any atom is -0.423 e. The highest BCUT2D eigenvalue weighted by molar-refractivity contribution is 7.98. The standard InChI is InChI=1S/C23H23N3O2S2/c1-13(2)17-11-18-15(10-21(27)28-19(18)9-14(17)3)12-30-23-25-24-22(20-5-4-8-29-20)26(23)16-6-7-16/h4-5,8-11,13,16H,6-7,12H2,1-3H3. The van der Waals surface area contributed by atoms with E-state index in [2.05, 4.69) is 53.0 Å². The Morgan fingerprint density at radius 2 is 2.10 bits per heavy atom. The van der Waals surface area contributed by atoms with Crippen molar-refractivity contribution in [1.82, 2.24) is 14.8 Å². The summed E-state index contributed by atoms with van der Waals surface area (Å²) in [7, 11) is 0. The molecule has 0 saturated heterocycles. The van der Waals surface area contributed by atoms with Crippen LogP contribution >= 0.6 is 23.1 Å². The van der Waals surface area contributed by atoms with Gasteiger partial charge in [-0.2, -0.15) is 0 Å². The zero-order chi connectivity index (χ0) is 20.8. The van der Waals surface area contributed by atoms with E-state index in [0.717, 1.165) is 32.4 Å². The van der Waals surface area contributed by atoms with Gasteiger partial charge in [-0.1, -0.05) is 31.7 Å². The summed E-state index contributed by atoms with van der Waals surface area (Å²) < 4.78 is 7.77. The molecule has 5 nitrogen and oxygen atoms in total. The fraction of sp³-hybridized carbons (Fsp3) is 0.348. The Hall–Kier alpha value is -2.38. The van der Waals surface area contributed by atoms with Crippen LogP contribution in [0.4, 0.5) is 0 Å². The Morgan fingerprint density at radius 1 is 1.27 bits per heavy atom. The SMILES string of the molecule is Cc1cc2oc(=O)cc(CSc3nnc(-c4cccs4)n3C3CC3)c2cc1C(C)C. The first-order chi connectivity index (χ1) is 14.5. The molecule has 0 spiro atoms. The second-order valence-corrected chi connectivity index (χ2v) is 10.0. The van der Waals surface area contributed by atoms with Crippen molar-refractivity contribution in [2.45, 2.75) is 56.5 Å². The molecule has 1 aliphatic rings. The summed E-state index contributed by atoms with van der Waals surface area (Å²) in [5.41, 5.74) is 3.76. The number of thioether (sulfide) groups is 1. The van der Waals surface area contributed by atoms with Crippen LogP contribution in [-0.2, 0) is 5.75 Å². The third-order valence-corrected chi connectivity index (χ3v) is 7.37. The Labute approximate surface area is 183 Å². The van der Waals surface area contributed by atoms with Crippen molar-refractivity contribution in [3.05, 3.63) is 62.8 Å². The summed E-state index contributed by atoms with van der Waals surface area (Å²) in [6.45, 7) is 6.44. The highest BCUT2D eigenvalue weighted by Gasteiger charge is 2.30. The maximum absolute atomic E-state index is 12.2. The molecule has 7 heteroatoms. The van der Waals surface area contributed by atoms with Gasteiger partial charge in [0.25, 0.3) is 0 Å². The smallest absolute Gasteiger partial charge is 0.336 e. The zero-order valence-corrected chi connectivity index (χ0v) is 18.8.